The van der Waals surface area contributed by atoms with E-state index in [0.717, 1.165) is 21.2 Å². The maximum Gasteiger partial charge on any atom is 0.407 e. The third-order valence-electron chi connectivity index (χ3n) is 4.16. The molecule has 1 amide bonds. The quantitative estimate of drug-likeness (QED) is 0.489. The van der Waals surface area contributed by atoms with Gasteiger partial charge in [-0.1, -0.05) is 60.7 Å². The summed E-state index contributed by atoms with van der Waals surface area (Å²) in [6.45, 7) is 0.965. The largest absolute Gasteiger partial charge is 0.493 e. The Bertz CT molecular complexity index is 932. The SMILES string of the molecule is COc1cc(CNC(=O)OCc2ccccc2)cc(Br)c1OCc1ccccc1. The van der Waals surface area contributed by atoms with Crippen LogP contribution in [0.5, 0.6) is 11.5 Å². The van der Waals surface area contributed by atoms with Gasteiger partial charge in [0.05, 0.1) is 11.6 Å². The van der Waals surface area contributed by atoms with Crippen LogP contribution in [0.25, 0.3) is 0 Å². The summed E-state index contributed by atoms with van der Waals surface area (Å²) in [6.07, 6.45) is -0.478. The summed E-state index contributed by atoms with van der Waals surface area (Å²) in [7, 11) is 1.59. The van der Waals surface area contributed by atoms with E-state index >= 15 is 0 Å². The Kier molecular flexibility index (Phi) is 7.53. The minimum absolute atomic E-state index is 0.228. The smallest absolute Gasteiger partial charge is 0.407 e. The molecule has 0 atom stereocenters. The number of ether oxygens (including phenoxy) is 3. The Morgan fingerprint density at radius 1 is 0.897 bits per heavy atom. The molecule has 5 nitrogen and oxygen atoms in total. The van der Waals surface area contributed by atoms with E-state index in [-0.39, 0.29) is 6.61 Å². The number of hydrogen-bond donors (Lipinski definition) is 1. The van der Waals surface area contributed by atoms with Crippen molar-refractivity contribution >= 4 is 22.0 Å². The standard InChI is InChI=1S/C23H22BrNO4/c1-27-21-13-19(14-25-23(26)29-16-18-10-6-3-7-11-18)12-20(24)22(21)28-15-17-8-4-2-5-9-17/h2-13H,14-16H2,1H3,(H,25,26). The molecule has 0 aliphatic rings. The highest BCUT2D eigenvalue weighted by molar-refractivity contribution is 9.10. The van der Waals surface area contributed by atoms with Gasteiger partial charge in [-0.05, 0) is 44.8 Å². The van der Waals surface area contributed by atoms with Gasteiger partial charge in [0.1, 0.15) is 13.2 Å². The van der Waals surface area contributed by atoms with Crippen LogP contribution >= 0.6 is 15.9 Å². The number of alkyl carbamates (subject to hydrolysis) is 1. The van der Waals surface area contributed by atoms with Crippen molar-refractivity contribution in [1.29, 1.82) is 0 Å². The fourth-order valence-corrected chi connectivity index (χ4v) is 3.30. The average Bonchev–Trinajstić information content (AvgIpc) is 2.76. The summed E-state index contributed by atoms with van der Waals surface area (Å²) in [5, 5.41) is 2.75. The van der Waals surface area contributed by atoms with Crippen LogP contribution < -0.4 is 14.8 Å². The molecule has 0 aromatic heterocycles. The first-order valence-electron chi connectivity index (χ1n) is 9.13. The Morgan fingerprint density at radius 3 is 2.14 bits per heavy atom. The van der Waals surface area contributed by atoms with E-state index in [0.29, 0.717) is 24.7 Å². The molecule has 0 radical (unpaired) electrons. The molecule has 29 heavy (non-hydrogen) atoms. The first kappa shape index (κ1) is 20.7. The van der Waals surface area contributed by atoms with Gasteiger partial charge in [-0.15, -0.1) is 0 Å². The predicted octanol–water partition coefficient (Wildman–Crippen LogP) is 5.46. The number of benzene rings is 3. The van der Waals surface area contributed by atoms with Crippen molar-refractivity contribution in [1.82, 2.24) is 5.32 Å². The van der Waals surface area contributed by atoms with E-state index in [1.165, 1.54) is 0 Å². The molecule has 3 aromatic carbocycles. The number of amides is 1. The molecule has 0 saturated heterocycles. The Balaban J connectivity index is 1.57. The van der Waals surface area contributed by atoms with Crippen molar-refractivity contribution in [3.8, 4) is 11.5 Å². The molecule has 0 unspecified atom stereocenters. The van der Waals surface area contributed by atoms with Crippen molar-refractivity contribution in [3.05, 3.63) is 94.0 Å². The second-order valence-electron chi connectivity index (χ2n) is 6.30. The maximum absolute atomic E-state index is 12.0. The van der Waals surface area contributed by atoms with Gasteiger partial charge in [-0.2, -0.15) is 0 Å². The van der Waals surface area contributed by atoms with E-state index in [4.69, 9.17) is 14.2 Å². The third kappa shape index (κ3) is 6.26. The molecule has 0 saturated carbocycles. The molecule has 0 aliphatic carbocycles. The molecule has 0 aliphatic heterocycles. The Morgan fingerprint density at radius 2 is 1.52 bits per heavy atom. The topological polar surface area (TPSA) is 56.8 Å². The molecule has 3 aromatic rings. The molecular weight excluding hydrogens is 434 g/mol. The summed E-state index contributed by atoms with van der Waals surface area (Å²) in [5.41, 5.74) is 2.86. The molecular formula is C23H22BrNO4. The summed E-state index contributed by atoms with van der Waals surface area (Å²) in [4.78, 5) is 12.0. The van der Waals surface area contributed by atoms with Crippen molar-refractivity contribution < 1.29 is 19.0 Å². The lowest BCUT2D eigenvalue weighted by molar-refractivity contribution is 0.139. The van der Waals surface area contributed by atoms with E-state index in [1.807, 2.05) is 72.8 Å². The van der Waals surface area contributed by atoms with Crippen LogP contribution in [0, 0.1) is 0 Å². The first-order chi connectivity index (χ1) is 14.2. The van der Waals surface area contributed by atoms with Gasteiger partial charge >= 0.3 is 6.09 Å². The van der Waals surface area contributed by atoms with Crippen molar-refractivity contribution in [2.75, 3.05) is 7.11 Å². The fourth-order valence-electron chi connectivity index (χ4n) is 2.69. The van der Waals surface area contributed by atoms with Crippen LogP contribution in [0.4, 0.5) is 4.79 Å². The monoisotopic (exact) mass is 455 g/mol. The highest BCUT2D eigenvalue weighted by Crippen LogP contribution is 2.37. The van der Waals surface area contributed by atoms with Crippen LogP contribution in [0.1, 0.15) is 16.7 Å². The number of nitrogens with one attached hydrogen (secondary N) is 1. The van der Waals surface area contributed by atoms with E-state index < -0.39 is 6.09 Å². The van der Waals surface area contributed by atoms with Crippen LogP contribution in [-0.2, 0) is 24.5 Å². The zero-order chi connectivity index (χ0) is 20.5. The van der Waals surface area contributed by atoms with Crippen molar-refractivity contribution in [3.63, 3.8) is 0 Å². The second kappa shape index (κ2) is 10.5. The molecule has 0 spiro atoms. The number of carbonyl (C=O) groups is 1. The summed E-state index contributed by atoms with van der Waals surface area (Å²) in [5.74, 6) is 1.21. The lowest BCUT2D eigenvalue weighted by Gasteiger charge is -2.15. The first-order valence-corrected chi connectivity index (χ1v) is 9.92. The molecule has 0 bridgehead atoms. The Labute approximate surface area is 178 Å². The molecule has 150 valence electrons. The number of halogens is 1. The average molecular weight is 456 g/mol. The number of carbonyl (C=O) groups excluding carboxylic acids is 1. The lowest BCUT2D eigenvalue weighted by atomic mass is 10.2. The van der Waals surface area contributed by atoms with Crippen LogP contribution in [0.3, 0.4) is 0 Å². The van der Waals surface area contributed by atoms with Gasteiger partial charge in [0.15, 0.2) is 11.5 Å². The minimum Gasteiger partial charge on any atom is -0.493 e. The molecule has 6 heteroatoms. The summed E-state index contributed by atoms with van der Waals surface area (Å²) < 4.78 is 17.4. The summed E-state index contributed by atoms with van der Waals surface area (Å²) in [6, 6.07) is 23.2. The fraction of sp³-hybridized carbons (Fsp3) is 0.174. The number of methoxy groups -OCH3 is 1. The zero-order valence-electron chi connectivity index (χ0n) is 16.1. The second-order valence-corrected chi connectivity index (χ2v) is 7.15. The van der Waals surface area contributed by atoms with Gasteiger partial charge in [-0.25, -0.2) is 4.79 Å². The minimum atomic E-state index is -0.478. The molecule has 3 rings (SSSR count). The van der Waals surface area contributed by atoms with Crippen molar-refractivity contribution in [2.24, 2.45) is 0 Å². The van der Waals surface area contributed by atoms with E-state index in [1.54, 1.807) is 7.11 Å². The number of hydrogen-bond acceptors (Lipinski definition) is 4. The van der Waals surface area contributed by atoms with Crippen molar-refractivity contribution in [2.45, 2.75) is 19.8 Å². The van der Waals surface area contributed by atoms with E-state index in [2.05, 4.69) is 21.2 Å². The van der Waals surface area contributed by atoms with Crippen LogP contribution in [-0.4, -0.2) is 13.2 Å². The third-order valence-corrected chi connectivity index (χ3v) is 4.75. The van der Waals surface area contributed by atoms with Gasteiger partial charge < -0.3 is 19.5 Å². The number of rotatable bonds is 8. The molecule has 0 fully saturated rings. The Hall–Kier alpha value is -2.99. The lowest BCUT2D eigenvalue weighted by Crippen LogP contribution is -2.23. The molecule has 0 heterocycles. The molecule has 1 N–H and O–H groups in total. The highest BCUT2D eigenvalue weighted by Gasteiger charge is 2.13. The van der Waals surface area contributed by atoms with Crippen LogP contribution in [0.2, 0.25) is 0 Å². The van der Waals surface area contributed by atoms with Gasteiger partial charge in [0.2, 0.25) is 0 Å². The highest BCUT2D eigenvalue weighted by atomic mass is 79.9. The van der Waals surface area contributed by atoms with Gasteiger partial charge in [-0.3, -0.25) is 0 Å². The van der Waals surface area contributed by atoms with Crippen LogP contribution in [0.15, 0.2) is 77.3 Å². The summed E-state index contributed by atoms with van der Waals surface area (Å²) >= 11 is 3.53. The zero-order valence-corrected chi connectivity index (χ0v) is 17.6. The van der Waals surface area contributed by atoms with E-state index in [9.17, 15) is 4.79 Å². The predicted molar refractivity (Wildman–Crippen MR) is 115 cm³/mol. The van der Waals surface area contributed by atoms with Gasteiger partial charge in [0.25, 0.3) is 0 Å². The normalized spacial score (nSPS) is 10.3. The maximum atomic E-state index is 12.0. The van der Waals surface area contributed by atoms with Gasteiger partial charge in [0, 0.05) is 6.54 Å².